The van der Waals surface area contributed by atoms with Crippen LogP contribution in [-0.4, -0.2) is 19.8 Å². The van der Waals surface area contributed by atoms with E-state index in [4.69, 9.17) is 4.74 Å². The van der Waals surface area contributed by atoms with E-state index in [-0.39, 0.29) is 17.6 Å². The van der Waals surface area contributed by atoms with E-state index in [9.17, 15) is 13.2 Å². The number of halogens is 3. The second kappa shape index (κ2) is 6.09. The van der Waals surface area contributed by atoms with Crippen LogP contribution >= 0.6 is 0 Å². The van der Waals surface area contributed by atoms with Gasteiger partial charge in [0.15, 0.2) is 0 Å². The third-order valence-electron chi connectivity index (χ3n) is 2.72. The van der Waals surface area contributed by atoms with Gasteiger partial charge in [-0.05, 0) is 18.1 Å². The molecule has 0 aromatic heterocycles. The monoisotopic (exact) mass is 261 g/mol. The fraction of sp³-hybridized carbons (Fsp3) is 0.538. The third kappa shape index (κ3) is 3.91. The fourth-order valence-electron chi connectivity index (χ4n) is 1.64. The number of para-hydroxylation sites is 1. The number of methoxy groups -OCH3 is 1. The van der Waals surface area contributed by atoms with Crippen LogP contribution in [0, 0.1) is 5.92 Å². The molecule has 0 fully saturated rings. The first-order valence-corrected chi connectivity index (χ1v) is 5.78. The van der Waals surface area contributed by atoms with Gasteiger partial charge in [0.1, 0.15) is 0 Å². The van der Waals surface area contributed by atoms with Crippen LogP contribution < -0.4 is 5.32 Å². The molecular weight excluding hydrogens is 243 g/mol. The highest BCUT2D eigenvalue weighted by atomic mass is 19.4. The molecule has 0 aliphatic carbocycles. The van der Waals surface area contributed by atoms with Gasteiger partial charge in [-0.25, -0.2) is 0 Å². The summed E-state index contributed by atoms with van der Waals surface area (Å²) in [6.07, 6.45) is -4.35. The zero-order valence-corrected chi connectivity index (χ0v) is 10.7. The maximum Gasteiger partial charge on any atom is 0.418 e. The first-order chi connectivity index (χ1) is 8.36. The second-order valence-corrected chi connectivity index (χ2v) is 4.49. The lowest BCUT2D eigenvalue weighted by molar-refractivity contribution is -0.137. The van der Waals surface area contributed by atoms with Crippen molar-refractivity contribution in [1.29, 1.82) is 0 Å². The van der Waals surface area contributed by atoms with E-state index in [0.717, 1.165) is 6.07 Å². The van der Waals surface area contributed by atoms with Gasteiger partial charge >= 0.3 is 6.18 Å². The SMILES string of the molecule is COCC(Nc1ccccc1C(F)(F)F)C(C)C. The van der Waals surface area contributed by atoms with E-state index in [0.29, 0.717) is 6.61 Å². The summed E-state index contributed by atoms with van der Waals surface area (Å²) >= 11 is 0. The highest BCUT2D eigenvalue weighted by Crippen LogP contribution is 2.35. The fourth-order valence-corrected chi connectivity index (χ4v) is 1.64. The molecule has 18 heavy (non-hydrogen) atoms. The van der Waals surface area contributed by atoms with Crippen LogP contribution in [-0.2, 0) is 10.9 Å². The molecule has 0 radical (unpaired) electrons. The zero-order chi connectivity index (χ0) is 13.8. The molecular formula is C13H18F3NO. The summed E-state index contributed by atoms with van der Waals surface area (Å²) in [6.45, 7) is 4.24. The number of hydrogen-bond acceptors (Lipinski definition) is 2. The predicted molar refractivity (Wildman–Crippen MR) is 65.6 cm³/mol. The standard InChI is InChI=1S/C13H18F3NO/c1-9(2)12(8-18-3)17-11-7-5-4-6-10(11)13(14,15)16/h4-7,9,12,17H,8H2,1-3H3. The van der Waals surface area contributed by atoms with Crippen LogP contribution in [0.4, 0.5) is 18.9 Å². The number of benzene rings is 1. The number of alkyl halides is 3. The highest BCUT2D eigenvalue weighted by Gasteiger charge is 2.33. The second-order valence-electron chi connectivity index (χ2n) is 4.49. The summed E-state index contributed by atoms with van der Waals surface area (Å²) in [5, 5.41) is 2.91. The molecule has 1 unspecified atom stereocenters. The summed E-state index contributed by atoms with van der Waals surface area (Å²) in [6, 6.07) is 5.33. The summed E-state index contributed by atoms with van der Waals surface area (Å²) in [5.74, 6) is 0.172. The molecule has 5 heteroatoms. The maximum atomic E-state index is 12.8. The van der Waals surface area contributed by atoms with Gasteiger partial charge in [0.25, 0.3) is 0 Å². The Labute approximate surface area is 105 Å². The minimum absolute atomic E-state index is 0.0979. The molecule has 1 atom stereocenters. The van der Waals surface area contributed by atoms with Gasteiger partial charge in [-0.2, -0.15) is 13.2 Å². The molecule has 1 aromatic carbocycles. The lowest BCUT2D eigenvalue weighted by Gasteiger charge is -2.24. The van der Waals surface area contributed by atoms with Crippen LogP contribution in [0.1, 0.15) is 19.4 Å². The zero-order valence-electron chi connectivity index (χ0n) is 10.7. The van der Waals surface area contributed by atoms with Crippen molar-refractivity contribution in [3.05, 3.63) is 29.8 Å². The Kier molecular flexibility index (Phi) is 5.02. The van der Waals surface area contributed by atoms with Crippen LogP contribution in [0.3, 0.4) is 0 Å². The van der Waals surface area contributed by atoms with E-state index >= 15 is 0 Å². The van der Waals surface area contributed by atoms with Gasteiger partial charge in [-0.1, -0.05) is 26.0 Å². The first kappa shape index (κ1) is 14.8. The Morgan fingerprint density at radius 3 is 2.33 bits per heavy atom. The summed E-state index contributed by atoms with van der Waals surface area (Å²) in [7, 11) is 1.53. The molecule has 1 aromatic rings. The van der Waals surface area contributed by atoms with Crippen molar-refractivity contribution >= 4 is 5.69 Å². The number of rotatable bonds is 5. The van der Waals surface area contributed by atoms with Gasteiger partial charge in [-0.3, -0.25) is 0 Å². The Morgan fingerprint density at radius 2 is 1.83 bits per heavy atom. The minimum Gasteiger partial charge on any atom is -0.383 e. The maximum absolute atomic E-state index is 12.8. The van der Waals surface area contributed by atoms with E-state index in [1.165, 1.54) is 19.2 Å². The van der Waals surface area contributed by atoms with Crippen LogP contribution in [0.2, 0.25) is 0 Å². The lowest BCUT2D eigenvalue weighted by Crippen LogP contribution is -2.31. The Hall–Kier alpha value is -1.23. The predicted octanol–water partition coefficient (Wildman–Crippen LogP) is 3.79. The summed E-state index contributed by atoms with van der Waals surface area (Å²) in [4.78, 5) is 0. The quantitative estimate of drug-likeness (QED) is 0.870. The molecule has 1 rings (SSSR count). The number of hydrogen-bond donors (Lipinski definition) is 1. The molecule has 2 nitrogen and oxygen atoms in total. The first-order valence-electron chi connectivity index (χ1n) is 5.78. The van der Waals surface area contributed by atoms with Crippen molar-refractivity contribution in [1.82, 2.24) is 0 Å². The van der Waals surface area contributed by atoms with Crippen LogP contribution in [0.15, 0.2) is 24.3 Å². The molecule has 0 heterocycles. The summed E-state index contributed by atoms with van der Waals surface area (Å²) < 4.78 is 43.5. The molecule has 0 spiro atoms. The molecule has 0 aliphatic heterocycles. The normalized spacial score (nSPS) is 13.7. The molecule has 0 saturated carbocycles. The van der Waals surface area contributed by atoms with Crippen molar-refractivity contribution < 1.29 is 17.9 Å². The van der Waals surface area contributed by atoms with E-state index < -0.39 is 11.7 Å². The topological polar surface area (TPSA) is 21.3 Å². The lowest BCUT2D eigenvalue weighted by atomic mass is 10.0. The number of anilines is 1. The number of nitrogens with one attached hydrogen (secondary N) is 1. The van der Waals surface area contributed by atoms with E-state index in [1.54, 1.807) is 6.07 Å². The van der Waals surface area contributed by atoms with Gasteiger partial charge in [0.2, 0.25) is 0 Å². The van der Waals surface area contributed by atoms with Gasteiger partial charge in [0.05, 0.1) is 18.2 Å². The van der Waals surface area contributed by atoms with Gasteiger partial charge in [0, 0.05) is 12.8 Å². The highest BCUT2D eigenvalue weighted by molar-refractivity contribution is 5.53. The largest absolute Gasteiger partial charge is 0.418 e. The van der Waals surface area contributed by atoms with Crippen LogP contribution in [0.5, 0.6) is 0 Å². The molecule has 102 valence electrons. The van der Waals surface area contributed by atoms with E-state index in [1.807, 2.05) is 13.8 Å². The number of ether oxygens (including phenoxy) is 1. The Balaban J connectivity index is 2.96. The van der Waals surface area contributed by atoms with Crippen molar-refractivity contribution in [3.8, 4) is 0 Å². The Morgan fingerprint density at radius 1 is 1.22 bits per heavy atom. The molecule has 0 aliphatic rings. The third-order valence-corrected chi connectivity index (χ3v) is 2.72. The molecule has 1 N–H and O–H groups in total. The van der Waals surface area contributed by atoms with Crippen molar-refractivity contribution in [2.24, 2.45) is 5.92 Å². The van der Waals surface area contributed by atoms with Crippen molar-refractivity contribution in [3.63, 3.8) is 0 Å². The van der Waals surface area contributed by atoms with Crippen LogP contribution in [0.25, 0.3) is 0 Å². The summed E-state index contributed by atoms with van der Waals surface area (Å²) in [5.41, 5.74) is -0.549. The smallest absolute Gasteiger partial charge is 0.383 e. The average Bonchev–Trinajstić information content (AvgIpc) is 2.27. The molecule has 0 amide bonds. The van der Waals surface area contributed by atoms with E-state index in [2.05, 4.69) is 5.32 Å². The van der Waals surface area contributed by atoms with Gasteiger partial charge in [-0.15, -0.1) is 0 Å². The van der Waals surface area contributed by atoms with Crippen molar-refractivity contribution in [2.45, 2.75) is 26.1 Å². The van der Waals surface area contributed by atoms with Gasteiger partial charge < -0.3 is 10.1 Å². The molecule has 0 saturated heterocycles. The molecule has 0 bridgehead atoms. The minimum atomic E-state index is -4.35. The average molecular weight is 261 g/mol. The van der Waals surface area contributed by atoms with Crippen molar-refractivity contribution in [2.75, 3.05) is 19.0 Å². The Bertz CT molecular complexity index is 377.